The summed E-state index contributed by atoms with van der Waals surface area (Å²) in [6, 6.07) is 0. The fraction of sp³-hybridized carbons (Fsp3) is 1.00. The summed E-state index contributed by atoms with van der Waals surface area (Å²) in [6.45, 7) is 4.92. The average Bonchev–Trinajstić information content (AvgIpc) is 3.00. The van der Waals surface area contributed by atoms with Crippen LogP contribution in [0.15, 0.2) is 0 Å². The van der Waals surface area contributed by atoms with Gasteiger partial charge in [-0.1, -0.05) is 39.5 Å². The highest BCUT2D eigenvalue weighted by Gasteiger charge is 2.56. The summed E-state index contributed by atoms with van der Waals surface area (Å²) in [6.07, 6.45) is 5.95. The van der Waals surface area contributed by atoms with Crippen molar-refractivity contribution in [2.75, 3.05) is 6.61 Å². The van der Waals surface area contributed by atoms with Gasteiger partial charge in [-0.3, -0.25) is 0 Å². The van der Waals surface area contributed by atoms with E-state index in [1.54, 1.807) is 0 Å². The molecule has 3 fully saturated rings. The van der Waals surface area contributed by atoms with E-state index < -0.39 is 0 Å². The molecule has 0 aromatic carbocycles. The maximum atomic E-state index is 6.03. The second kappa shape index (κ2) is 6.79. The zero-order chi connectivity index (χ0) is 13.9. The van der Waals surface area contributed by atoms with Gasteiger partial charge in [0.15, 0.2) is 6.29 Å². The van der Waals surface area contributed by atoms with Crippen LogP contribution in [0.25, 0.3) is 0 Å². The fourth-order valence-electron chi connectivity index (χ4n) is 3.05. The van der Waals surface area contributed by atoms with Crippen molar-refractivity contribution in [1.29, 1.82) is 0 Å². The van der Waals surface area contributed by atoms with Gasteiger partial charge in [0, 0.05) is 0 Å². The molecule has 3 aliphatic heterocycles. The van der Waals surface area contributed by atoms with Gasteiger partial charge in [0.2, 0.25) is 0 Å². The summed E-state index contributed by atoms with van der Waals surface area (Å²) in [5.41, 5.74) is 0. The summed E-state index contributed by atoms with van der Waals surface area (Å²) >= 11 is 0. The highest BCUT2D eigenvalue weighted by Crippen LogP contribution is 2.37. The van der Waals surface area contributed by atoms with Crippen LogP contribution in [-0.2, 0) is 23.4 Å². The molecule has 3 saturated heterocycles. The summed E-state index contributed by atoms with van der Waals surface area (Å²) in [5, 5.41) is 0. The van der Waals surface area contributed by atoms with E-state index in [2.05, 4.69) is 13.8 Å². The van der Waals surface area contributed by atoms with Gasteiger partial charge < -0.3 is 23.4 Å². The second-order valence-corrected chi connectivity index (χ2v) is 5.86. The molecule has 0 saturated carbocycles. The van der Waals surface area contributed by atoms with E-state index in [9.17, 15) is 0 Å². The minimum Gasteiger partial charge on any atom is -0.408 e. The van der Waals surface area contributed by atoms with E-state index >= 15 is 0 Å². The number of fused-ring (bicyclic) bond motifs is 3. The number of ether oxygens (including phenoxy) is 1. The van der Waals surface area contributed by atoms with Crippen molar-refractivity contribution < 1.29 is 23.4 Å². The van der Waals surface area contributed by atoms with E-state index in [-0.39, 0.29) is 38.8 Å². The standard InChI is InChI=1S/C13H24B2O5/c1-3-5-7-14-16-9-10-11(18-14)12-13(17-10)20-15(19-12)8-6-4-2/h10-13H,3-9H2,1-2H3/t10-,11+,12-,13-/m1/s1. The molecule has 0 amide bonds. The molecular formula is C13H24B2O5. The molecule has 112 valence electrons. The molecule has 3 heterocycles. The lowest BCUT2D eigenvalue weighted by Crippen LogP contribution is -2.48. The molecule has 0 spiro atoms. The van der Waals surface area contributed by atoms with Crippen LogP contribution in [0.1, 0.15) is 39.5 Å². The van der Waals surface area contributed by atoms with Gasteiger partial charge in [0.05, 0.1) is 6.61 Å². The van der Waals surface area contributed by atoms with Gasteiger partial charge in [-0.2, -0.15) is 0 Å². The van der Waals surface area contributed by atoms with Crippen LogP contribution in [0.4, 0.5) is 0 Å². The van der Waals surface area contributed by atoms with Crippen molar-refractivity contribution in [1.82, 2.24) is 0 Å². The zero-order valence-electron chi connectivity index (χ0n) is 12.5. The van der Waals surface area contributed by atoms with E-state index in [4.69, 9.17) is 23.4 Å². The third-order valence-corrected chi connectivity index (χ3v) is 4.20. The van der Waals surface area contributed by atoms with Crippen LogP contribution >= 0.6 is 0 Å². The minimum atomic E-state index is -0.277. The zero-order valence-corrected chi connectivity index (χ0v) is 12.5. The Hall–Kier alpha value is -0.0701. The van der Waals surface area contributed by atoms with E-state index in [1.807, 2.05) is 0 Å². The lowest BCUT2D eigenvalue weighted by molar-refractivity contribution is -0.101. The Bertz CT molecular complexity index is 319. The first kappa shape index (κ1) is 14.9. The van der Waals surface area contributed by atoms with Crippen LogP contribution in [0.3, 0.4) is 0 Å². The molecule has 0 radical (unpaired) electrons. The number of hydrogen-bond donors (Lipinski definition) is 0. The predicted molar refractivity (Wildman–Crippen MR) is 76.4 cm³/mol. The molecule has 0 aromatic rings. The molecule has 0 aromatic heterocycles. The van der Waals surface area contributed by atoms with Crippen molar-refractivity contribution >= 4 is 14.2 Å². The Morgan fingerprint density at radius 2 is 1.60 bits per heavy atom. The maximum Gasteiger partial charge on any atom is 0.459 e. The summed E-state index contributed by atoms with van der Waals surface area (Å²) < 4.78 is 29.4. The smallest absolute Gasteiger partial charge is 0.408 e. The van der Waals surface area contributed by atoms with Crippen LogP contribution in [0.2, 0.25) is 12.6 Å². The van der Waals surface area contributed by atoms with Crippen molar-refractivity contribution in [2.24, 2.45) is 0 Å². The molecule has 4 atom stereocenters. The van der Waals surface area contributed by atoms with Gasteiger partial charge >= 0.3 is 14.2 Å². The summed E-state index contributed by atoms with van der Waals surface area (Å²) in [5.74, 6) is 0. The second-order valence-electron chi connectivity index (χ2n) is 5.86. The molecule has 0 N–H and O–H groups in total. The summed E-state index contributed by atoms with van der Waals surface area (Å²) in [4.78, 5) is 0. The first-order valence-corrected chi connectivity index (χ1v) is 8.05. The van der Waals surface area contributed by atoms with E-state index in [0.717, 1.165) is 38.3 Å². The molecule has 3 aliphatic rings. The van der Waals surface area contributed by atoms with Crippen molar-refractivity contribution in [3.8, 4) is 0 Å². The van der Waals surface area contributed by atoms with Crippen LogP contribution in [-0.4, -0.2) is 45.4 Å². The highest BCUT2D eigenvalue weighted by molar-refractivity contribution is 6.45. The fourth-order valence-corrected chi connectivity index (χ4v) is 3.05. The quantitative estimate of drug-likeness (QED) is 0.698. The molecule has 3 rings (SSSR count). The van der Waals surface area contributed by atoms with Crippen LogP contribution in [0.5, 0.6) is 0 Å². The highest BCUT2D eigenvalue weighted by atomic mass is 16.8. The van der Waals surface area contributed by atoms with Gasteiger partial charge in [-0.05, 0) is 12.6 Å². The van der Waals surface area contributed by atoms with Crippen molar-refractivity contribution in [3.05, 3.63) is 0 Å². The molecule has 0 aliphatic carbocycles. The third-order valence-electron chi connectivity index (χ3n) is 4.20. The van der Waals surface area contributed by atoms with Crippen molar-refractivity contribution in [2.45, 2.75) is 76.8 Å². The molecule has 0 bridgehead atoms. The van der Waals surface area contributed by atoms with Gasteiger partial charge in [0.25, 0.3) is 0 Å². The summed E-state index contributed by atoms with van der Waals surface area (Å²) in [7, 11) is -0.247. The predicted octanol–water partition coefficient (Wildman–Crippen LogP) is 2.12. The Balaban J connectivity index is 1.53. The first-order chi connectivity index (χ1) is 9.81. The Labute approximate surface area is 121 Å². The van der Waals surface area contributed by atoms with E-state index in [0.29, 0.717) is 6.61 Å². The molecule has 0 unspecified atom stereocenters. The molecule has 20 heavy (non-hydrogen) atoms. The minimum absolute atomic E-state index is 0.0396. The maximum absolute atomic E-state index is 6.03. The van der Waals surface area contributed by atoms with E-state index in [1.165, 1.54) is 0 Å². The molecule has 5 nitrogen and oxygen atoms in total. The monoisotopic (exact) mass is 282 g/mol. The van der Waals surface area contributed by atoms with Gasteiger partial charge in [-0.25, -0.2) is 0 Å². The third kappa shape index (κ3) is 3.07. The average molecular weight is 282 g/mol. The van der Waals surface area contributed by atoms with Crippen LogP contribution < -0.4 is 0 Å². The Morgan fingerprint density at radius 3 is 2.35 bits per heavy atom. The number of hydrogen-bond acceptors (Lipinski definition) is 5. The Morgan fingerprint density at radius 1 is 0.900 bits per heavy atom. The lowest BCUT2D eigenvalue weighted by Gasteiger charge is -2.31. The number of unbranched alkanes of at least 4 members (excludes halogenated alkanes) is 2. The molecular weight excluding hydrogens is 258 g/mol. The Kier molecular flexibility index (Phi) is 5.04. The lowest BCUT2D eigenvalue weighted by atomic mass is 9.80. The van der Waals surface area contributed by atoms with Gasteiger partial charge in [-0.15, -0.1) is 0 Å². The largest absolute Gasteiger partial charge is 0.459 e. The molecule has 7 heteroatoms. The topological polar surface area (TPSA) is 46.2 Å². The van der Waals surface area contributed by atoms with Crippen molar-refractivity contribution in [3.63, 3.8) is 0 Å². The van der Waals surface area contributed by atoms with Crippen LogP contribution in [0, 0.1) is 0 Å². The SMILES string of the molecule is CCCCB1OC[C@H]2O[C@@H]3OB(CCCC)O[C@@H]3[C@H]2O1. The first-order valence-electron chi connectivity index (χ1n) is 8.05. The van der Waals surface area contributed by atoms with Gasteiger partial charge in [0.1, 0.15) is 18.3 Å². The number of rotatable bonds is 6. The normalized spacial score (nSPS) is 36.3.